The third-order valence-electron chi connectivity index (χ3n) is 3.66. The van der Waals surface area contributed by atoms with Crippen LogP contribution in [0.15, 0.2) is 17.9 Å². The molecule has 0 amide bonds. The molecular weight excluding hydrogens is 304 g/mol. The predicted octanol–water partition coefficient (Wildman–Crippen LogP) is 1.56. The van der Waals surface area contributed by atoms with Crippen molar-refractivity contribution in [3.05, 3.63) is 17.9 Å². The van der Waals surface area contributed by atoms with Crippen LogP contribution in [0.25, 0.3) is 0 Å². The van der Waals surface area contributed by atoms with Crippen molar-refractivity contribution in [2.45, 2.75) is 12.8 Å². The number of carbonyl (C=O) groups is 1. The van der Waals surface area contributed by atoms with Gasteiger partial charge in [-0.1, -0.05) is 0 Å². The summed E-state index contributed by atoms with van der Waals surface area (Å²) < 4.78 is 0. The molecule has 1 aliphatic heterocycles. The largest absolute Gasteiger partial charge is 0.481 e. The SMILES string of the molecule is Nc1c(Nc2nccs2)ncnc1N1CCC(C(=O)O)CC1. The first kappa shape index (κ1) is 14.5. The molecule has 2 aromatic rings. The maximum absolute atomic E-state index is 11.0. The number of anilines is 4. The van der Waals surface area contributed by atoms with Gasteiger partial charge in [-0.2, -0.15) is 0 Å². The lowest BCUT2D eigenvalue weighted by Gasteiger charge is -2.31. The highest BCUT2D eigenvalue weighted by atomic mass is 32.1. The Balaban J connectivity index is 1.76. The van der Waals surface area contributed by atoms with Gasteiger partial charge in [-0.3, -0.25) is 4.79 Å². The Bertz CT molecular complexity index is 655. The summed E-state index contributed by atoms with van der Waals surface area (Å²) in [6, 6.07) is 0. The Morgan fingerprint density at radius 1 is 1.36 bits per heavy atom. The molecule has 116 valence electrons. The topological polar surface area (TPSA) is 117 Å². The van der Waals surface area contributed by atoms with Crippen LogP contribution in [0.2, 0.25) is 0 Å². The Hall–Kier alpha value is -2.42. The molecule has 22 heavy (non-hydrogen) atoms. The van der Waals surface area contributed by atoms with E-state index in [-0.39, 0.29) is 5.92 Å². The minimum atomic E-state index is -0.735. The van der Waals surface area contributed by atoms with Gasteiger partial charge in [-0.25, -0.2) is 15.0 Å². The van der Waals surface area contributed by atoms with Gasteiger partial charge in [0.25, 0.3) is 0 Å². The van der Waals surface area contributed by atoms with E-state index in [1.54, 1.807) is 6.20 Å². The summed E-state index contributed by atoms with van der Waals surface area (Å²) in [5.74, 6) is 0.131. The summed E-state index contributed by atoms with van der Waals surface area (Å²) in [7, 11) is 0. The van der Waals surface area contributed by atoms with Crippen LogP contribution in [0.3, 0.4) is 0 Å². The number of piperidine rings is 1. The summed E-state index contributed by atoms with van der Waals surface area (Å²) >= 11 is 1.45. The number of nitrogens with one attached hydrogen (secondary N) is 1. The van der Waals surface area contributed by atoms with E-state index < -0.39 is 5.97 Å². The van der Waals surface area contributed by atoms with Gasteiger partial charge in [0.15, 0.2) is 16.8 Å². The van der Waals surface area contributed by atoms with Crippen LogP contribution in [0.4, 0.5) is 22.5 Å². The molecule has 2 aromatic heterocycles. The summed E-state index contributed by atoms with van der Waals surface area (Å²) in [5.41, 5.74) is 6.61. The predicted molar refractivity (Wildman–Crippen MR) is 84.4 cm³/mol. The second-order valence-corrected chi connectivity index (χ2v) is 5.92. The molecule has 1 fully saturated rings. The lowest BCUT2D eigenvalue weighted by Crippen LogP contribution is -2.37. The lowest BCUT2D eigenvalue weighted by atomic mass is 9.97. The van der Waals surface area contributed by atoms with Crippen molar-refractivity contribution >= 4 is 39.8 Å². The molecule has 0 aromatic carbocycles. The number of aromatic nitrogens is 3. The normalized spacial score (nSPS) is 15.7. The number of carboxylic acid groups (broad SMARTS) is 1. The quantitative estimate of drug-likeness (QED) is 0.777. The average molecular weight is 320 g/mol. The maximum Gasteiger partial charge on any atom is 0.306 e. The molecule has 0 bridgehead atoms. The Labute approximate surface area is 131 Å². The number of rotatable bonds is 4. The minimum Gasteiger partial charge on any atom is -0.481 e. The van der Waals surface area contributed by atoms with Crippen LogP contribution >= 0.6 is 11.3 Å². The molecule has 4 N–H and O–H groups in total. The molecule has 0 atom stereocenters. The van der Waals surface area contributed by atoms with Gasteiger partial charge in [0.1, 0.15) is 12.0 Å². The molecular formula is C13H16N6O2S. The van der Waals surface area contributed by atoms with E-state index in [1.165, 1.54) is 17.7 Å². The van der Waals surface area contributed by atoms with Crippen LogP contribution in [-0.4, -0.2) is 39.1 Å². The van der Waals surface area contributed by atoms with Crippen LogP contribution < -0.4 is 16.0 Å². The Morgan fingerprint density at radius 3 is 2.77 bits per heavy atom. The van der Waals surface area contributed by atoms with Crippen LogP contribution in [-0.2, 0) is 4.79 Å². The molecule has 0 unspecified atom stereocenters. The third-order valence-corrected chi connectivity index (χ3v) is 4.35. The third kappa shape index (κ3) is 2.93. The Kier molecular flexibility index (Phi) is 4.05. The van der Waals surface area contributed by atoms with Gasteiger partial charge in [-0.15, -0.1) is 11.3 Å². The van der Waals surface area contributed by atoms with Crippen molar-refractivity contribution in [1.82, 2.24) is 15.0 Å². The summed E-state index contributed by atoms with van der Waals surface area (Å²) in [4.78, 5) is 25.5. The number of thiazole rings is 1. The second-order valence-electron chi connectivity index (χ2n) is 5.02. The van der Waals surface area contributed by atoms with Crippen molar-refractivity contribution in [3.8, 4) is 0 Å². The monoisotopic (exact) mass is 320 g/mol. The lowest BCUT2D eigenvalue weighted by molar-refractivity contribution is -0.142. The van der Waals surface area contributed by atoms with Crippen molar-refractivity contribution in [1.29, 1.82) is 0 Å². The molecule has 0 spiro atoms. The summed E-state index contributed by atoms with van der Waals surface area (Å²) in [5, 5.41) is 14.7. The average Bonchev–Trinajstić information content (AvgIpc) is 3.02. The van der Waals surface area contributed by atoms with Crippen LogP contribution in [0, 0.1) is 5.92 Å². The first-order chi connectivity index (χ1) is 10.6. The van der Waals surface area contributed by atoms with Gasteiger partial charge in [0.05, 0.1) is 5.92 Å². The fourth-order valence-corrected chi connectivity index (χ4v) is 2.99. The molecule has 3 rings (SSSR count). The fraction of sp³-hybridized carbons (Fsp3) is 0.385. The highest BCUT2D eigenvalue weighted by molar-refractivity contribution is 7.13. The van der Waals surface area contributed by atoms with E-state index in [1.807, 2.05) is 10.3 Å². The van der Waals surface area contributed by atoms with E-state index in [2.05, 4.69) is 20.3 Å². The van der Waals surface area contributed by atoms with E-state index in [4.69, 9.17) is 10.8 Å². The van der Waals surface area contributed by atoms with Gasteiger partial charge >= 0.3 is 5.97 Å². The van der Waals surface area contributed by atoms with E-state index >= 15 is 0 Å². The number of carboxylic acids is 1. The standard InChI is InChI=1S/C13H16N6O2S/c14-9-10(18-13-15-3-6-22-13)16-7-17-11(9)19-4-1-8(2-5-19)12(20)21/h3,6-8H,1-2,4-5,14H2,(H,20,21)(H,15,16,17,18). The second kappa shape index (κ2) is 6.14. The highest BCUT2D eigenvalue weighted by Crippen LogP contribution is 2.31. The van der Waals surface area contributed by atoms with Gasteiger partial charge in [-0.05, 0) is 12.8 Å². The van der Waals surface area contributed by atoms with Crippen molar-refractivity contribution in [3.63, 3.8) is 0 Å². The zero-order valence-electron chi connectivity index (χ0n) is 11.8. The molecule has 0 aliphatic carbocycles. The first-order valence-corrected chi connectivity index (χ1v) is 7.78. The number of aliphatic carboxylic acids is 1. The smallest absolute Gasteiger partial charge is 0.306 e. The zero-order valence-corrected chi connectivity index (χ0v) is 12.6. The van der Waals surface area contributed by atoms with Crippen molar-refractivity contribution in [2.75, 3.05) is 29.0 Å². The van der Waals surface area contributed by atoms with E-state index in [9.17, 15) is 4.79 Å². The zero-order chi connectivity index (χ0) is 15.5. The molecule has 1 saturated heterocycles. The Morgan fingerprint density at radius 2 is 2.14 bits per heavy atom. The van der Waals surface area contributed by atoms with E-state index in [0.717, 1.165) is 0 Å². The number of hydrogen-bond acceptors (Lipinski definition) is 8. The first-order valence-electron chi connectivity index (χ1n) is 6.90. The molecule has 8 nitrogen and oxygen atoms in total. The molecule has 3 heterocycles. The summed E-state index contributed by atoms with van der Waals surface area (Å²) in [6.07, 6.45) is 4.33. The molecule has 1 aliphatic rings. The van der Waals surface area contributed by atoms with E-state index in [0.29, 0.717) is 48.4 Å². The number of nitrogens with zero attached hydrogens (tertiary/aromatic N) is 4. The van der Waals surface area contributed by atoms with Gasteiger partial charge < -0.3 is 21.1 Å². The summed E-state index contributed by atoms with van der Waals surface area (Å²) in [6.45, 7) is 1.24. The number of nitrogen functional groups attached to an aromatic ring is 1. The van der Waals surface area contributed by atoms with Crippen LogP contribution in [0.5, 0.6) is 0 Å². The highest BCUT2D eigenvalue weighted by Gasteiger charge is 2.26. The fourth-order valence-electron chi connectivity index (χ4n) is 2.46. The molecule has 0 radical (unpaired) electrons. The van der Waals surface area contributed by atoms with Crippen LogP contribution in [0.1, 0.15) is 12.8 Å². The van der Waals surface area contributed by atoms with Gasteiger partial charge in [0, 0.05) is 24.7 Å². The molecule has 9 heteroatoms. The number of nitrogens with two attached hydrogens (primary N) is 1. The van der Waals surface area contributed by atoms with Crippen molar-refractivity contribution < 1.29 is 9.90 Å². The minimum absolute atomic E-state index is 0.285. The molecule has 0 saturated carbocycles. The number of hydrogen-bond donors (Lipinski definition) is 3. The van der Waals surface area contributed by atoms with Crippen molar-refractivity contribution in [2.24, 2.45) is 5.92 Å². The maximum atomic E-state index is 11.0. The van der Waals surface area contributed by atoms with Gasteiger partial charge in [0.2, 0.25) is 0 Å².